The largest absolute Gasteiger partial charge is 0.449 e. The van der Waals surface area contributed by atoms with E-state index in [4.69, 9.17) is 4.42 Å². The zero-order valence-corrected chi connectivity index (χ0v) is 15.3. The smallest absolute Gasteiger partial charge is 0.240 e. The van der Waals surface area contributed by atoms with Gasteiger partial charge >= 0.3 is 0 Å². The van der Waals surface area contributed by atoms with Crippen molar-refractivity contribution in [3.63, 3.8) is 0 Å². The molecular weight excluding hydrogens is 350 g/mol. The average molecular weight is 372 g/mol. The molecule has 8 heteroatoms. The minimum atomic E-state index is -3.52. The van der Waals surface area contributed by atoms with E-state index in [-0.39, 0.29) is 29.4 Å². The fraction of sp³-hybridized carbons (Fsp3) is 0.438. The highest BCUT2D eigenvalue weighted by atomic mass is 35.5. The van der Waals surface area contributed by atoms with Crippen molar-refractivity contribution in [3.8, 4) is 11.3 Å². The lowest BCUT2D eigenvalue weighted by Gasteiger charge is -2.30. The van der Waals surface area contributed by atoms with Gasteiger partial charge in [-0.1, -0.05) is 12.1 Å². The van der Waals surface area contributed by atoms with Gasteiger partial charge < -0.3 is 9.73 Å². The molecule has 1 saturated heterocycles. The predicted octanol–water partition coefficient (Wildman–Crippen LogP) is 2.49. The van der Waals surface area contributed by atoms with Crippen LogP contribution in [-0.4, -0.2) is 32.0 Å². The van der Waals surface area contributed by atoms with Crippen molar-refractivity contribution in [2.75, 3.05) is 6.54 Å². The van der Waals surface area contributed by atoms with Crippen LogP contribution in [0.15, 0.2) is 39.8 Å². The first-order chi connectivity index (χ1) is 11.0. The summed E-state index contributed by atoms with van der Waals surface area (Å²) in [6, 6.07) is 6.75. The van der Waals surface area contributed by atoms with Crippen LogP contribution in [0.4, 0.5) is 0 Å². The van der Waals surface area contributed by atoms with Gasteiger partial charge in [0.2, 0.25) is 10.0 Å². The summed E-state index contributed by atoms with van der Waals surface area (Å²) in [5.41, 5.74) is 1.53. The molecule has 2 unspecified atom stereocenters. The average Bonchev–Trinajstić information content (AvgIpc) is 2.96. The van der Waals surface area contributed by atoms with E-state index in [1.165, 1.54) is 0 Å². The fourth-order valence-corrected chi connectivity index (χ4v) is 4.12. The lowest BCUT2D eigenvalue weighted by atomic mass is 10.0. The van der Waals surface area contributed by atoms with Gasteiger partial charge in [0.15, 0.2) is 5.89 Å². The summed E-state index contributed by atoms with van der Waals surface area (Å²) in [5.74, 6) is 0.581. The number of benzene rings is 1. The maximum Gasteiger partial charge on any atom is 0.240 e. The molecule has 0 aliphatic carbocycles. The van der Waals surface area contributed by atoms with E-state index in [9.17, 15) is 8.42 Å². The standard InChI is InChI=1S/C16H21N3O3S.ClH/c1-11-15(4-3-9-17-11)19-23(20,21)14-7-5-13(6-8-14)16-10-22-12(2)18-16;/h5-8,10-11,15,17,19H,3-4,9H2,1-2H3;1H. The van der Waals surface area contributed by atoms with Gasteiger partial charge in [0, 0.05) is 24.6 Å². The maximum absolute atomic E-state index is 12.5. The number of nitrogens with zero attached hydrogens (tertiary/aromatic N) is 1. The number of aryl methyl sites for hydroxylation is 1. The van der Waals surface area contributed by atoms with Crippen LogP contribution in [-0.2, 0) is 10.0 Å². The van der Waals surface area contributed by atoms with Crippen LogP contribution in [0, 0.1) is 6.92 Å². The minimum Gasteiger partial charge on any atom is -0.449 e. The number of halogens is 1. The molecule has 2 aromatic rings. The molecule has 3 rings (SSSR count). The number of hydrogen-bond acceptors (Lipinski definition) is 5. The Morgan fingerprint density at radius 2 is 2.00 bits per heavy atom. The number of piperidine rings is 1. The Morgan fingerprint density at radius 1 is 1.29 bits per heavy atom. The van der Waals surface area contributed by atoms with E-state index in [2.05, 4.69) is 15.0 Å². The summed E-state index contributed by atoms with van der Waals surface area (Å²) in [6.45, 7) is 4.71. The van der Waals surface area contributed by atoms with Gasteiger partial charge in [-0.2, -0.15) is 0 Å². The molecule has 0 bridgehead atoms. The number of nitrogens with one attached hydrogen (secondary N) is 2. The Balaban J connectivity index is 0.00000208. The normalized spacial score (nSPS) is 21.2. The predicted molar refractivity (Wildman–Crippen MR) is 94.7 cm³/mol. The summed E-state index contributed by atoms with van der Waals surface area (Å²) in [7, 11) is -3.52. The van der Waals surface area contributed by atoms with Crippen LogP contribution in [0.3, 0.4) is 0 Å². The number of rotatable bonds is 4. The minimum absolute atomic E-state index is 0. The second-order valence-electron chi connectivity index (χ2n) is 5.89. The zero-order valence-electron chi connectivity index (χ0n) is 13.7. The Morgan fingerprint density at radius 3 is 2.58 bits per heavy atom. The first-order valence-electron chi connectivity index (χ1n) is 7.74. The third kappa shape index (κ3) is 4.16. The molecule has 6 nitrogen and oxygen atoms in total. The molecule has 2 atom stereocenters. The van der Waals surface area contributed by atoms with Gasteiger partial charge in [0.1, 0.15) is 12.0 Å². The monoisotopic (exact) mass is 371 g/mol. The molecule has 1 aromatic carbocycles. The number of hydrogen-bond donors (Lipinski definition) is 2. The summed E-state index contributed by atoms with van der Waals surface area (Å²) in [5, 5.41) is 3.29. The van der Waals surface area contributed by atoms with Crippen LogP contribution in [0.25, 0.3) is 11.3 Å². The molecule has 24 heavy (non-hydrogen) atoms. The lowest BCUT2D eigenvalue weighted by molar-refractivity contribution is 0.349. The summed E-state index contributed by atoms with van der Waals surface area (Å²) >= 11 is 0. The van der Waals surface area contributed by atoms with Crippen LogP contribution in [0.1, 0.15) is 25.7 Å². The van der Waals surface area contributed by atoms with E-state index in [0.29, 0.717) is 11.6 Å². The highest BCUT2D eigenvalue weighted by Gasteiger charge is 2.26. The van der Waals surface area contributed by atoms with Crippen molar-refractivity contribution >= 4 is 22.4 Å². The molecule has 1 aliphatic heterocycles. The second-order valence-corrected chi connectivity index (χ2v) is 7.60. The van der Waals surface area contributed by atoms with Crippen molar-refractivity contribution in [1.82, 2.24) is 15.0 Å². The van der Waals surface area contributed by atoms with Crippen molar-refractivity contribution in [2.45, 2.75) is 43.7 Å². The summed E-state index contributed by atoms with van der Waals surface area (Å²) < 4.78 is 33.0. The molecule has 0 amide bonds. The maximum atomic E-state index is 12.5. The van der Waals surface area contributed by atoms with Crippen molar-refractivity contribution in [2.24, 2.45) is 0 Å². The Bertz CT molecular complexity index is 774. The SMILES string of the molecule is Cc1nc(-c2ccc(S(=O)(=O)NC3CCCNC3C)cc2)co1.Cl. The van der Waals surface area contributed by atoms with E-state index in [1.807, 2.05) is 6.92 Å². The Labute approximate surface area is 148 Å². The Hall–Kier alpha value is -1.41. The van der Waals surface area contributed by atoms with Gasteiger partial charge in [0.05, 0.1) is 4.90 Å². The number of aromatic nitrogens is 1. The number of oxazole rings is 1. The van der Waals surface area contributed by atoms with Crippen molar-refractivity contribution in [3.05, 3.63) is 36.4 Å². The fourth-order valence-electron chi connectivity index (χ4n) is 2.77. The first-order valence-corrected chi connectivity index (χ1v) is 9.22. The topological polar surface area (TPSA) is 84.2 Å². The van der Waals surface area contributed by atoms with E-state index in [1.54, 1.807) is 37.5 Å². The summed E-state index contributed by atoms with van der Waals surface area (Å²) in [4.78, 5) is 4.50. The second kappa shape index (κ2) is 7.65. The molecule has 0 spiro atoms. The third-order valence-electron chi connectivity index (χ3n) is 4.15. The molecule has 1 fully saturated rings. The molecule has 2 N–H and O–H groups in total. The first kappa shape index (κ1) is 18.9. The van der Waals surface area contributed by atoms with Gasteiger partial charge in [-0.3, -0.25) is 0 Å². The van der Waals surface area contributed by atoms with Gasteiger partial charge in [0.25, 0.3) is 0 Å². The van der Waals surface area contributed by atoms with Crippen LogP contribution >= 0.6 is 12.4 Å². The molecular formula is C16H22ClN3O3S. The van der Waals surface area contributed by atoms with Crippen LogP contribution in [0.2, 0.25) is 0 Å². The third-order valence-corrected chi connectivity index (χ3v) is 5.65. The quantitative estimate of drug-likeness (QED) is 0.862. The van der Waals surface area contributed by atoms with Crippen LogP contribution < -0.4 is 10.0 Å². The van der Waals surface area contributed by atoms with Gasteiger partial charge in [-0.25, -0.2) is 18.1 Å². The summed E-state index contributed by atoms with van der Waals surface area (Å²) in [6.07, 6.45) is 3.39. The van der Waals surface area contributed by atoms with Crippen molar-refractivity contribution in [1.29, 1.82) is 0 Å². The van der Waals surface area contributed by atoms with E-state index < -0.39 is 10.0 Å². The lowest BCUT2D eigenvalue weighted by Crippen LogP contribution is -2.51. The van der Waals surface area contributed by atoms with E-state index in [0.717, 1.165) is 24.9 Å². The molecule has 1 aliphatic rings. The Kier molecular flexibility index (Phi) is 6.03. The highest BCUT2D eigenvalue weighted by molar-refractivity contribution is 7.89. The zero-order chi connectivity index (χ0) is 16.4. The molecule has 2 heterocycles. The van der Waals surface area contributed by atoms with Crippen molar-refractivity contribution < 1.29 is 12.8 Å². The molecule has 0 radical (unpaired) electrons. The molecule has 132 valence electrons. The van der Waals surface area contributed by atoms with Gasteiger partial charge in [-0.05, 0) is 38.4 Å². The van der Waals surface area contributed by atoms with E-state index >= 15 is 0 Å². The van der Waals surface area contributed by atoms with Gasteiger partial charge in [-0.15, -0.1) is 12.4 Å². The van der Waals surface area contributed by atoms with Crippen LogP contribution in [0.5, 0.6) is 0 Å². The highest BCUT2D eigenvalue weighted by Crippen LogP contribution is 2.21. The molecule has 1 aromatic heterocycles. The molecule has 0 saturated carbocycles. The number of sulfonamides is 1.